The van der Waals surface area contributed by atoms with Crippen LogP contribution in [0.1, 0.15) is 48.7 Å². The van der Waals surface area contributed by atoms with Crippen LogP contribution in [0.3, 0.4) is 0 Å². The monoisotopic (exact) mass is 382 g/mol. The molecule has 0 aliphatic carbocycles. The Hall–Kier alpha value is -2.69. The predicted octanol–water partition coefficient (Wildman–Crippen LogP) is 4.43. The average molecular weight is 383 g/mol. The largest absolute Gasteiger partial charge is 0.497 e. The fourth-order valence-corrected chi connectivity index (χ4v) is 3.70. The molecule has 3 rings (SSSR count). The lowest BCUT2D eigenvalue weighted by molar-refractivity contribution is 0.0939. The molecule has 1 amide bonds. The third-order valence-corrected chi connectivity index (χ3v) is 5.38. The van der Waals surface area contributed by atoms with Gasteiger partial charge < -0.3 is 19.7 Å². The van der Waals surface area contributed by atoms with E-state index in [1.54, 1.807) is 32.4 Å². The van der Waals surface area contributed by atoms with Crippen LogP contribution in [0.15, 0.2) is 42.5 Å². The van der Waals surface area contributed by atoms with Gasteiger partial charge in [-0.3, -0.25) is 4.79 Å². The van der Waals surface area contributed by atoms with Crippen molar-refractivity contribution < 1.29 is 14.3 Å². The number of ether oxygens (including phenoxy) is 2. The van der Waals surface area contributed by atoms with Crippen LogP contribution < -0.4 is 19.7 Å². The van der Waals surface area contributed by atoms with Crippen molar-refractivity contribution in [2.75, 3.05) is 32.2 Å². The van der Waals surface area contributed by atoms with E-state index in [1.807, 2.05) is 6.92 Å². The third kappa shape index (κ3) is 4.77. The normalized spacial score (nSPS) is 17.7. The van der Waals surface area contributed by atoms with E-state index in [0.717, 1.165) is 24.6 Å². The number of piperidine rings is 1. The SMILES string of the molecule is COc1cc(OC)cc(C(=O)N[C@@H](C)c2ccc(N3CCC[C@H](C)C3)cc2)c1. The van der Waals surface area contributed by atoms with Crippen LogP contribution in [0.4, 0.5) is 5.69 Å². The summed E-state index contributed by atoms with van der Waals surface area (Å²) >= 11 is 0. The lowest BCUT2D eigenvalue weighted by Crippen LogP contribution is -2.34. The van der Waals surface area contributed by atoms with Gasteiger partial charge in [-0.1, -0.05) is 19.1 Å². The summed E-state index contributed by atoms with van der Waals surface area (Å²) in [5.74, 6) is 1.78. The van der Waals surface area contributed by atoms with Crippen LogP contribution in [0, 0.1) is 5.92 Å². The maximum absolute atomic E-state index is 12.7. The number of methoxy groups -OCH3 is 2. The van der Waals surface area contributed by atoms with E-state index >= 15 is 0 Å². The van der Waals surface area contributed by atoms with E-state index in [0.29, 0.717) is 17.1 Å². The van der Waals surface area contributed by atoms with Gasteiger partial charge >= 0.3 is 0 Å². The molecule has 0 aromatic heterocycles. The van der Waals surface area contributed by atoms with Crippen molar-refractivity contribution >= 4 is 11.6 Å². The minimum atomic E-state index is -0.154. The number of carbonyl (C=O) groups excluding carboxylic acids is 1. The standard InChI is InChI=1S/C23H30N2O3/c1-16-6-5-11-25(15-16)20-9-7-18(8-10-20)17(2)24-23(26)19-12-21(27-3)14-22(13-19)28-4/h7-10,12-14,16-17H,5-6,11,15H2,1-4H3,(H,24,26)/t16-,17-/m0/s1. The molecular weight excluding hydrogens is 352 g/mol. The molecule has 1 aliphatic rings. The molecule has 1 N–H and O–H groups in total. The Balaban J connectivity index is 1.67. The van der Waals surface area contributed by atoms with E-state index in [1.165, 1.54) is 18.5 Å². The zero-order valence-corrected chi connectivity index (χ0v) is 17.2. The maximum Gasteiger partial charge on any atom is 0.252 e. The highest BCUT2D eigenvalue weighted by molar-refractivity contribution is 5.95. The fourth-order valence-electron chi connectivity index (χ4n) is 3.70. The number of hydrogen-bond acceptors (Lipinski definition) is 4. The van der Waals surface area contributed by atoms with Crippen LogP contribution in [-0.2, 0) is 0 Å². The minimum Gasteiger partial charge on any atom is -0.497 e. The number of nitrogens with zero attached hydrogens (tertiary/aromatic N) is 1. The van der Waals surface area contributed by atoms with E-state index in [-0.39, 0.29) is 11.9 Å². The molecule has 1 aliphatic heterocycles. The van der Waals surface area contributed by atoms with Gasteiger partial charge in [0, 0.05) is 30.4 Å². The number of anilines is 1. The first kappa shape index (κ1) is 20.1. The second-order valence-corrected chi connectivity index (χ2v) is 7.58. The molecule has 5 nitrogen and oxygen atoms in total. The zero-order valence-electron chi connectivity index (χ0n) is 17.2. The summed E-state index contributed by atoms with van der Waals surface area (Å²) < 4.78 is 10.5. The molecule has 150 valence electrons. The minimum absolute atomic E-state index is 0.0981. The van der Waals surface area contributed by atoms with Gasteiger partial charge in [-0.05, 0) is 55.5 Å². The number of amides is 1. The van der Waals surface area contributed by atoms with Gasteiger partial charge in [-0.25, -0.2) is 0 Å². The Morgan fingerprint density at radius 3 is 2.32 bits per heavy atom. The first-order valence-electron chi connectivity index (χ1n) is 9.89. The second-order valence-electron chi connectivity index (χ2n) is 7.58. The smallest absolute Gasteiger partial charge is 0.252 e. The quantitative estimate of drug-likeness (QED) is 0.803. The zero-order chi connectivity index (χ0) is 20.1. The average Bonchev–Trinajstić information content (AvgIpc) is 2.73. The van der Waals surface area contributed by atoms with Crippen molar-refractivity contribution in [3.8, 4) is 11.5 Å². The number of rotatable bonds is 6. The summed E-state index contributed by atoms with van der Waals surface area (Å²) in [6.45, 7) is 6.54. The Morgan fingerprint density at radius 1 is 1.11 bits per heavy atom. The molecular formula is C23H30N2O3. The predicted molar refractivity (Wildman–Crippen MR) is 112 cm³/mol. The molecule has 28 heavy (non-hydrogen) atoms. The number of hydrogen-bond donors (Lipinski definition) is 1. The first-order valence-corrected chi connectivity index (χ1v) is 9.89. The molecule has 0 radical (unpaired) electrons. The summed E-state index contributed by atoms with van der Waals surface area (Å²) in [6, 6.07) is 13.6. The number of nitrogens with one attached hydrogen (secondary N) is 1. The van der Waals surface area contributed by atoms with E-state index < -0.39 is 0 Å². The molecule has 0 saturated carbocycles. The van der Waals surface area contributed by atoms with E-state index in [9.17, 15) is 4.79 Å². The van der Waals surface area contributed by atoms with E-state index in [2.05, 4.69) is 41.4 Å². The van der Waals surface area contributed by atoms with Crippen molar-refractivity contribution in [2.45, 2.75) is 32.7 Å². The third-order valence-electron chi connectivity index (χ3n) is 5.38. The van der Waals surface area contributed by atoms with Crippen molar-refractivity contribution in [1.29, 1.82) is 0 Å². The Labute approximate surface area is 167 Å². The summed E-state index contributed by atoms with van der Waals surface area (Å²) in [5.41, 5.74) is 2.85. The lowest BCUT2D eigenvalue weighted by Gasteiger charge is -2.33. The summed E-state index contributed by atoms with van der Waals surface area (Å²) in [5, 5.41) is 3.06. The molecule has 0 bridgehead atoms. The molecule has 1 fully saturated rings. The van der Waals surface area contributed by atoms with Crippen molar-refractivity contribution in [3.63, 3.8) is 0 Å². The fraction of sp³-hybridized carbons (Fsp3) is 0.435. The van der Waals surface area contributed by atoms with Gasteiger partial charge in [0.15, 0.2) is 0 Å². The van der Waals surface area contributed by atoms with Crippen LogP contribution in [0.25, 0.3) is 0 Å². The van der Waals surface area contributed by atoms with Crippen LogP contribution in [0.2, 0.25) is 0 Å². The van der Waals surface area contributed by atoms with Crippen molar-refractivity contribution in [2.24, 2.45) is 5.92 Å². The summed E-state index contributed by atoms with van der Waals surface area (Å²) in [6.07, 6.45) is 2.56. The molecule has 0 spiro atoms. The van der Waals surface area contributed by atoms with Crippen LogP contribution in [-0.4, -0.2) is 33.2 Å². The molecule has 2 atom stereocenters. The van der Waals surface area contributed by atoms with Gasteiger partial charge in [0.2, 0.25) is 0 Å². The van der Waals surface area contributed by atoms with E-state index in [4.69, 9.17) is 9.47 Å². The number of benzene rings is 2. The van der Waals surface area contributed by atoms with Crippen molar-refractivity contribution in [3.05, 3.63) is 53.6 Å². The molecule has 0 unspecified atom stereocenters. The molecule has 5 heteroatoms. The summed E-state index contributed by atoms with van der Waals surface area (Å²) in [4.78, 5) is 15.1. The second kappa shape index (κ2) is 9.00. The van der Waals surface area contributed by atoms with Crippen molar-refractivity contribution in [1.82, 2.24) is 5.32 Å². The highest BCUT2D eigenvalue weighted by Gasteiger charge is 2.18. The van der Waals surface area contributed by atoms with Crippen LogP contribution >= 0.6 is 0 Å². The van der Waals surface area contributed by atoms with Crippen LogP contribution in [0.5, 0.6) is 11.5 Å². The Morgan fingerprint density at radius 2 is 1.75 bits per heavy atom. The first-order chi connectivity index (χ1) is 13.5. The Kier molecular flexibility index (Phi) is 6.45. The van der Waals surface area contributed by atoms with Gasteiger partial charge in [0.05, 0.1) is 20.3 Å². The topological polar surface area (TPSA) is 50.8 Å². The van der Waals surface area contributed by atoms with Gasteiger partial charge in [-0.2, -0.15) is 0 Å². The summed E-state index contributed by atoms with van der Waals surface area (Å²) in [7, 11) is 3.15. The highest BCUT2D eigenvalue weighted by atomic mass is 16.5. The Bertz CT molecular complexity index is 782. The molecule has 1 saturated heterocycles. The lowest BCUT2D eigenvalue weighted by atomic mass is 9.99. The van der Waals surface area contributed by atoms with Gasteiger partial charge in [-0.15, -0.1) is 0 Å². The van der Waals surface area contributed by atoms with Gasteiger partial charge in [0.25, 0.3) is 5.91 Å². The molecule has 2 aromatic carbocycles. The maximum atomic E-state index is 12.7. The molecule has 1 heterocycles. The highest BCUT2D eigenvalue weighted by Crippen LogP contribution is 2.26. The molecule has 2 aromatic rings. The van der Waals surface area contributed by atoms with Gasteiger partial charge in [0.1, 0.15) is 11.5 Å². The number of carbonyl (C=O) groups is 1.